The van der Waals surface area contributed by atoms with Crippen LogP contribution in [0.25, 0.3) is 0 Å². The van der Waals surface area contributed by atoms with Gasteiger partial charge in [0.05, 0.1) is 12.7 Å². The number of ether oxygens (including phenoxy) is 1. The molecule has 1 unspecified atom stereocenters. The van der Waals surface area contributed by atoms with E-state index < -0.39 is 0 Å². The first-order valence-corrected chi connectivity index (χ1v) is 8.52. The van der Waals surface area contributed by atoms with Gasteiger partial charge in [0.1, 0.15) is 0 Å². The summed E-state index contributed by atoms with van der Waals surface area (Å²) >= 11 is 0. The average molecular weight is 339 g/mol. The maximum Gasteiger partial charge on any atom is 0.255 e. The number of nitrogens with zero attached hydrogens (tertiary/aromatic N) is 2. The topological polar surface area (TPSA) is 44.8 Å². The van der Waals surface area contributed by atoms with Crippen LogP contribution in [-0.4, -0.2) is 51.6 Å². The van der Waals surface area contributed by atoms with Crippen molar-refractivity contribution in [3.05, 3.63) is 59.7 Å². The molecule has 1 aliphatic heterocycles. The minimum atomic E-state index is -0.107. The Labute approximate surface area is 149 Å². The Balaban J connectivity index is 1.70. The Hall–Kier alpha value is -2.37. The fourth-order valence-electron chi connectivity index (χ4n) is 2.91. The van der Waals surface area contributed by atoms with E-state index >= 15 is 0 Å². The van der Waals surface area contributed by atoms with Gasteiger partial charge in [-0.1, -0.05) is 12.1 Å². The lowest BCUT2D eigenvalue weighted by Gasteiger charge is -2.30. The van der Waals surface area contributed by atoms with Gasteiger partial charge in [-0.05, 0) is 49.0 Å². The Bertz CT molecular complexity index is 728. The van der Waals surface area contributed by atoms with E-state index in [1.165, 1.54) is 0 Å². The smallest absolute Gasteiger partial charge is 0.255 e. The molecular weight excluding hydrogens is 314 g/mol. The quantitative estimate of drug-likeness (QED) is 0.930. The van der Waals surface area contributed by atoms with Crippen LogP contribution in [0.15, 0.2) is 48.5 Å². The number of nitrogens with one attached hydrogen (secondary N) is 1. The summed E-state index contributed by atoms with van der Waals surface area (Å²) in [6, 6.07) is 15.5. The van der Waals surface area contributed by atoms with E-state index in [-0.39, 0.29) is 12.0 Å². The molecule has 1 heterocycles. The van der Waals surface area contributed by atoms with Crippen molar-refractivity contribution in [2.45, 2.75) is 6.10 Å². The Morgan fingerprint density at radius 2 is 1.96 bits per heavy atom. The molecule has 0 bridgehead atoms. The molecule has 5 heteroatoms. The lowest BCUT2D eigenvalue weighted by Crippen LogP contribution is -2.35. The molecular formula is C20H25N3O2. The third kappa shape index (κ3) is 4.38. The zero-order valence-corrected chi connectivity index (χ0v) is 15.0. The predicted octanol–water partition coefficient (Wildman–Crippen LogP) is 3.01. The zero-order valence-electron chi connectivity index (χ0n) is 15.0. The van der Waals surface area contributed by atoms with Gasteiger partial charge in [0.15, 0.2) is 0 Å². The first kappa shape index (κ1) is 17.5. The van der Waals surface area contributed by atoms with E-state index in [0.29, 0.717) is 5.56 Å². The third-order valence-electron chi connectivity index (χ3n) is 4.43. The summed E-state index contributed by atoms with van der Waals surface area (Å²) < 4.78 is 5.86. The molecule has 5 nitrogen and oxygen atoms in total. The molecule has 1 aliphatic rings. The lowest BCUT2D eigenvalue weighted by atomic mass is 10.1. The number of rotatable bonds is 4. The number of hydrogen-bond donors (Lipinski definition) is 1. The van der Waals surface area contributed by atoms with Crippen LogP contribution in [0.4, 0.5) is 11.4 Å². The van der Waals surface area contributed by atoms with E-state index in [9.17, 15) is 4.79 Å². The van der Waals surface area contributed by atoms with Crippen LogP contribution < -0.4 is 10.2 Å². The highest BCUT2D eigenvalue weighted by Gasteiger charge is 2.19. The van der Waals surface area contributed by atoms with Gasteiger partial charge in [0.2, 0.25) is 0 Å². The fraction of sp³-hybridized carbons (Fsp3) is 0.350. The maximum atomic E-state index is 12.5. The molecule has 2 aromatic carbocycles. The second-order valence-electron chi connectivity index (χ2n) is 6.64. The standard InChI is InChI=1S/C20H25N3O2/c1-22(2)18-9-7-15(8-10-18)20(24)21-17-6-4-5-16(13-17)19-14-23(3)11-12-25-19/h4-10,13,19H,11-12,14H2,1-3H3,(H,21,24). The van der Waals surface area contributed by atoms with Crippen LogP contribution >= 0.6 is 0 Å². The number of carbonyl (C=O) groups is 1. The summed E-state index contributed by atoms with van der Waals surface area (Å²) in [5, 5.41) is 2.98. The SMILES string of the molecule is CN1CCOC(c2cccc(NC(=O)c3ccc(N(C)C)cc3)c2)C1. The minimum Gasteiger partial charge on any atom is -0.378 e. The van der Waals surface area contributed by atoms with Crippen molar-refractivity contribution in [3.63, 3.8) is 0 Å². The van der Waals surface area contributed by atoms with Crippen LogP contribution in [0.1, 0.15) is 22.0 Å². The van der Waals surface area contributed by atoms with E-state index in [2.05, 4.69) is 17.3 Å². The average Bonchev–Trinajstić information content (AvgIpc) is 2.62. The van der Waals surface area contributed by atoms with Crippen LogP contribution in [0.5, 0.6) is 0 Å². The zero-order chi connectivity index (χ0) is 17.8. The molecule has 25 heavy (non-hydrogen) atoms. The molecule has 1 N–H and O–H groups in total. The van der Waals surface area contributed by atoms with Crippen molar-refractivity contribution in [3.8, 4) is 0 Å². The fourth-order valence-corrected chi connectivity index (χ4v) is 2.91. The first-order chi connectivity index (χ1) is 12.0. The highest BCUT2D eigenvalue weighted by atomic mass is 16.5. The van der Waals surface area contributed by atoms with Gasteiger partial charge in [-0.3, -0.25) is 4.79 Å². The van der Waals surface area contributed by atoms with Crippen molar-refractivity contribution < 1.29 is 9.53 Å². The van der Waals surface area contributed by atoms with Gasteiger partial charge in [0, 0.05) is 44.1 Å². The molecule has 0 aromatic heterocycles. The molecule has 1 saturated heterocycles. The van der Waals surface area contributed by atoms with Gasteiger partial charge in [-0.2, -0.15) is 0 Å². The summed E-state index contributed by atoms with van der Waals surface area (Å²) in [6.45, 7) is 2.55. The van der Waals surface area contributed by atoms with Gasteiger partial charge >= 0.3 is 0 Å². The Morgan fingerprint density at radius 1 is 1.20 bits per heavy atom. The van der Waals surface area contributed by atoms with Crippen molar-refractivity contribution in [2.24, 2.45) is 0 Å². The highest BCUT2D eigenvalue weighted by molar-refractivity contribution is 6.04. The molecule has 0 radical (unpaired) electrons. The van der Waals surface area contributed by atoms with Crippen molar-refractivity contribution in [1.29, 1.82) is 0 Å². The molecule has 2 aromatic rings. The summed E-state index contributed by atoms with van der Waals surface area (Å²) in [4.78, 5) is 16.7. The van der Waals surface area contributed by atoms with Crippen LogP contribution in [0, 0.1) is 0 Å². The summed E-state index contributed by atoms with van der Waals surface area (Å²) in [5.74, 6) is -0.107. The van der Waals surface area contributed by atoms with Crippen LogP contribution in [0.2, 0.25) is 0 Å². The number of anilines is 2. The third-order valence-corrected chi connectivity index (χ3v) is 4.43. The Morgan fingerprint density at radius 3 is 2.64 bits per heavy atom. The van der Waals surface area contributed by atoms with Gasteiger partial charge in [-0.25, -0.2) is 0 Å². The number of carbonyl (C=O) groups excluding carboxylic acids is 1. The van der Waals surface area contributed by atoms with Gasteiger partial charge < -0.3 is 19.9 Å². The number of morpholine rings is 1. The molecule has 3 rings (SSSR count). The number of benzene rings is 2. The van der Waals surface area contributed by atoms with E-state index in [1.54, 1.807) is 0 Å². The van der Waals surface area contributed by atoms with E-state index in [1.807, 2.05) is 67.5 Å². The van der Waals surface area contributed by atoms with Crippen molar-refractivity contribution in [1.82, 2.24) is 4.90 Å². The monoisotopic (exact) mass is 339 g/mol. The number of hydrogen-bond acceptors (Lipinski definition) is 4. The lowest BCUT2D eigenvalue weighted by molar-refractivity contribution is -0.0208. The molecule has 132 valence electrons. The summed E-state index contributed by atoms with van der Waals surface area (Å²) in [5.41, 5.74) is 3.59. The molecule has 0 saturated carbocycles. The van der Waals surface area contributed by atoms with Crippen LogP contribution in [-0.2, 0) is 4.74 Å². The molecule has 1 atom stereocenters. The van der Waals surface area contributed by atoms with Gasteiger partial charge in [0.25, 0.3) is 5.91 Å². The van der Waals surface area contributed by atoms with Gasteiger partial charge in [-0.15, -0.1) is 0 Å². The molecule has 0 aliphatic carbocycles. The molecule has 1 amide bonds. The van der Waals surface area contributed by atoms with Crippen molar-refractivity contribution >= 4 is 17.3 Å². The minimum absolute atomic E-state index is 0.0509. The van der Waals surface area contributed by atoms with E-state index in [4.69, 9.17) is 4.74 Å². The maximum absolute atomic E-state index is 12.5. The predicted molar refractivity (Wildman–Crippen MR) is 101 cm³/mol. The number of likely N-dealkylation sites (N-methyl/N-ethyl adjacent to an activating group) is 1. The second-order valence-corrected chi connectivity index (χ2v) is 6.64. The number of amides is 1. The Kier molecular flexibility index (Phi) is 5.36. The second kappa shape index (κ2) is 7.68. The highest BCUT2D eigenvalue weighted by Crippen LogP contribution is 2.24. The molecule has 0 spiro atoms. The molecule has 1 fully saturated rings. The first-order valence-electron chi connectivity index (χ1n) is 8.52. The largest absolute Gasteiger partial charge is 0.378 e. The van der Waals surface area contributed by atoms with E-state index in [0.717, 1.165) is 36.6 Å². The van der Waals surface area contributed by atoms with Crippen LogP contribution in [0.3, 0.4) is 0 Å². The summed E-state index contributed by atoms with van der Waals surface area (Å²) in [7, 11) is 6.05. The summed E-state index contributed by atoms with van der Waals surface area (Å²) in [6.07, 6.45) is 0.0509. The van der Waals surface area contributed by atoms with Crippen molar-refractivity contribution in [2.75, 3.05) is 51.1 Å². The normalized spacial score (nSPS) is 18.0.